The number of anilines is 1. The Balaban J connectivity index is 2.67. The van der Waals surface area contributed by atoms with E-state index in [9.17, 15) is 4.79 Å². The van der Waals surface area contributed by atoms with E-state index in [0.29, 0.717) is 11.5 Å². The number of aliphatic hydroxyl groups is 1. The van der Waals surface area contributed by atoms with Gasteiger partial charge in [0, 0.05) is 12.6 Å². The molecule has 0 radical (unpaired) electrons. The first kappa shape index (κ1) is 13.4. The maximum atomic E-state index is 11.7. The fourth-order valence-electron chi connectivity index (χ4n) is 1.27. The number of nitrogens with zero attached hydrogens (tertiary/aromatic N) is 1. The molecule has 1 amide bonds. The fraction of sp³-hybridized carbons (Fsp3) is 0.500. The highest BCUT2D eigenvalue weighted by Crippen LogP contribution is 2.06. The van der Waals surface area contributed by atoms with Crippen LogP contribution in [-0.2, 0) is 0 Å². The summed E-state index contributed by atoms with van der Waals surface area (Å²) in [6.45, 7) is 5.84. The van der Waals surface area contributed by atoms with Gasteiger partial charge >= 0.3 is 0 Å². The third kappa shape index (κ3) is 4.82. The van der Waals surface area contributed by atoms with Crippen LogP contribution in [0.3, 0.4) is 0 Å². The van der Waals surface area contributed by atoms with Gasteiger partial charge in [-0.05, 0) is 32.9 Å². The zero-order chi connectivity index (χ0) is 12.8. The van der Waals surface area contributed by atoms with Crippen LogP contribution in [0, 0.1) is 0 Å². The molecule has 1 heterocycles. The summed E-state index contributed by atoms with van der Waals surface area (Å²) in [7, 11) is 0. The average Bonchev–Trinajstić information content (AvgIpc) is 2.25. The zero-order valence-corrected chi connectivity index (χ0v) is 10.4. The molecule has 94 valence electrons. The van der Waals surface area contributed by atoms with Crippen molar-refractivity contribution in [2.75, 3.05) is 11.9 Å². The molecular weight excluding hydrogens is 218 g/mol. The van der Waals surface area contributed by atoms with Crippen molar-refractivity contribution < 1.29 is 9.90 Å². The lowest BCUT2D eigenvalue weighted by Crippen LogP contribution is -2.31. The van der Waals surface area contributed by atoms with Gasteiger partial charge in [-0.25, -0.2) is 4.98 Å². The minimum absolute atomic E-state index is 0.225. The van der Waals surface area contributed by atoms with Crippen LogP contribution in [0.15, 0.2) is 18.2 Å². The summed E-state index contributed by atoms with van der Waals surface area (Å²) in [6.07, 6.45) is -0.559. The van der Waals surface area contributed by atoms with Crippen molar-refractivity contribution >= 4 is 11.7 Å². The molecule has 1 aromatic rings. The van der Waals surface area contributed by atoms with Gasteiger partial charge in [-0.2, -0.15) is 0 Å². The monoisotopic (exact) mass is 237 g/mol. The summed E-state index contributed by atoms with van der Waals surface area (Å²) in [6, 6.07) is 5.49. The second-order valence-electron chi connectivity index (χ2n) is 4.27. The molecule has 0 aliphatic rings. The van der Waals surface area contributed by atoms with E-state index in [4.69, 9.17) is 5.11 Å². The Morgan fingerprint density at radius 1 is 1.41 bits per heavy atom. The van der Waals surface area contributed by atoms with Crippen molar-refractivity contribution in [2.45, 2.75) is 32.9 Å². The Bertz CT molecular complexity index is 378. The Morgan fingerprint density at radius 3 is 2.71 bits per heavy atom. The molecule has 0 spiro atoms. The molecule has 0 aliphatic carbocycles. The summed E-state index contributed by atoms with van der Waals surface area (Å²) in [5.74, 6) is 0.392. The molecule has 0 aliphatic heterocycles. The lowest BCUT2D eigenvalue weighted by molar-refractivity contribution is 0.0919. The summed E-state index contributed by atoms with van der Waals surface area (Å²) < 4.78 is 0. The van der Waals surface area contributed by atoms with Crippen molar-refractivity contribution in [3.63, 3.8) is 0 Å². The number of amides is 1. The fourth-order valence-corrected chi connectivity index (χ4v) is 1.27. The average molecular weight is 237 g/mol. The number of carbonyl (C=O) groups is 1. The minimum Gasteiger partial charge on any atom is -0.392 e. The number of hydrogen-bond acceptors (Lipinski definition) is 4. The van der Waals surface area contributed by atoms with E-state index in [1.165, 1.54) is 0 Å². The third-order valence-electron chi connectivity index (χ3n) is 1.98. The standard InChI is InChI=1S/C12H19N3O2/c1-8(2)14-11-6-4-5-10(15-11)12(17)13-7-9(3)16/h4-6,8-9,16H,7H2,1-3H3,(H,13,17)(H,14,15). The van der Waals surface area contributed by atoms with Crippen molar-refractivity contribution in [3.05, 3.63) is 23.9 Å². The Morgan fingerprint density at radius 2 is 2.12 bits per heavy atom. The van der Waals surface area contributed by atoms with Crippen LogP contribution in [0.25, 0.3) is 0 Å². The van der Waals surface area contributed by atoms with Crippen molar-refractivity contribution in [1.82, 2.24) is 10.3 Å². The van der Waals surface area contributed by atoms with Gasteiger partial charge in [-0.15, -0.1) is 0 Å². The summed E-state index contributed by atoms with van der Waals surface area (Å²) in [5.41, 5.74) is 0.344. The van der Waals surface area contributed by atoms with E-state index in [1.54, 1.807) is 19.1 Å². The number of aliphatic hydroxyl groups excluding tert-OH is 1. The van der Waals surface area contributed by atoms with E-state index < -0.39 is 6.10 Å². The number of aromatic nitrogens is 1. The van der Waals surface area contributed by atoms with Crippen LogP contribution >= 0.6 is 0 Å². The normalized spacial score (nSPS) is 12.3. The molecule has 1 atom stereocenters. The Kier molecular flexibility index (Phi) is 4.90. The summed E-state index contributed by atoms with van der Waals surface area (Å²) in [4.78, 5) is 15.9. The van der Waals surface area contributed by atoms with Gasteiger partial charge in [-0.1, -0.05) is 6.07 Å². The van der Waals surface area contributed by atoms with E-state index in [2.05, 4.69) is 15.6 Å². The maximum absolute atomic E-state index is 11.7. The molecule has 17 heavy (non-hydrogen) atoms. The molecule has 0 aromatic carbocycles. The first-order chi connectivity index (χ1) is 7.99. The van der Waals surface area contributed by atoms with Crippen LogP contribution in [0.5, 0.6) is 0 Å². The minimum atomic E-state index is -0.559. The SMILES string of the molecule is CC(O)CNC(=O)c1cccc(NC(C)C)n1. The molecule has 0 bridgehead atoms. The topological polar surface area (TPSA) is 74.2 Å². The van der Waals surface area contributed by atoms with E-state index in [0.717, 1.165) is 0 Å². The van der Waals surface area contributed by atoms with E-state index in [-0.39, 0.29) is 18.5 Å². The van der Waals surface area contributed by atoms with Gasteiger partial charge < -0.3 is 15.7 Å². The van der Waals surface area contributed by atoms with Crippen LogP contribution in [0.1, 0.15) is 31.3 Å². The molecule has 0 saturated carbocycles. The molecule has 3 N–H and O–H groups in total. The highest BCUT2D eigenvalue weighted by molar-refractivity contribution is 5.92. The molecular formula is C12H19N3O2. The lowest BCUT2D eigenvalue weighted by Gasteiger charge is -2.10. The van der Waals surface area contributed by atoms with Gasteiger partial charge in [0.05, 0.1) is 6.10 Å². The molecule has 0 saturated heterocycles. The number of rotatable bonds is 5. The van der Waals surface area contributed by atoms with Crippen molar-refractivity contribution in [3.8, 4) is 0 Å². The quantitative estimate of drug-likeness (QED) is 0.714. The van der Waals surface area contributed by atoms with Gasteiger partial charge in [0.2, 0.25) is 0 Å². The third-order valence-corrected chi connectivity index (χ3v) is 1.98. The van der Waals surface area contributed by atoms with E-state index in [1.807, 2.05) is 19.9 Å². The summed E-state index contributed by atoms with van der Waals surface area (Å²) >= 11 is 0. The zero-order valence-electron chi connectivity index (χ0n) is 10.4. The molecule has 5 heteroatoms. The number of pyridine rings is 1. The van der Waals surface area contributed by atoms with Crippen molar-refractivity contribution in [1.29, 1.82) is 0 Å². The predicted molar refractivity (Wildman–Crippen MR) is 67.0 cm³/mol. The molecule has 1 aromatic heterocycles. The van der Waals surface area contributed by atoms with Crippen LogP contribution in [0.4, 0.5) is 5.82 Å². The lowest BCUT2D eigenvalue weighted by atomic mass is 10.3. The van der Waals surface area contributed by atoms with Crippen LogP contribution < -0.4 is 10.6 Å². The van der Waals surface area contributed by atoms with Gasteiger partial charge in [-0.3, -0.25) is 4.79 Å². The van der Waals surface area contributed by atoms with Crippen molar-refractivity contribution in [2.24, 2.45) is 0 Å². The largest absolute Gasteiger partial charge is 0.392 e. The second kappa shape index (κ2) is 6.20. The number of hydrogen-bond donors (Lipinski definition) is 3. The smallest absolute Gasteiger partial charge is 0.270 e. The van der Waals surface area contributed by atoms with Crippen LogP contribution in [-0.4, -0.2) is 34.7 Å². The predicted octanol–water partition coefficient (Wildman–Crippen LogP) is 1.01. The second-order valence-corrected chi connectivity index (χ2v) is 4.27. The first-order valence-corrected chi connectivity index (χ1v) is 5.69. The number of carbonyl (C=O) groups excluding carboxylic acids is 1. The van der Waals surface area contributed by atoms with Crippen LogP contribution in [0.2, 0.25) is 0 Å². The molecule has 1 unspecified atom stereocenters. The molecule has 5 nitrogen and oxygen atoms in total. The molecule has 0 fully saturated rings. The summed E-state index contributed by atoms with van der Waals surface area (Å²) in [5, 5.41) is 14.8. The van der Waals surface area contributed by atoms with E-state index >= 15 is 0 Å². The highest BCUT2D eigenvalue weighted by atomic mass is 16.3. The van der Waals surface area contributed by atoms with Gasteiger partial charge in [0.15, 0.2) is 0 Å². The van der Waals surface area contributed by atoms with Gasteiger partial charge in [0.1, 0.15) is 11.5 Å². The molecule has 1 rings (SSSR count). The highest BCUT2D eigenvalue weighted by Gasteiger charge is 2.08. The van der Waals surface area contributed by atoms with Gasteiger partial charge in [0.25, 0.3) is 5.91 Å². The first-order valence-electron chi connectivity index (χ1n) is 5.69. The Labute approximate surface area is 101 Å². The number of nitrogens with one attached hydrogen (secondary N) is 2. The maximum Gasteiger partial charge on any atom is 0.270 e. The Hall–Kier alpha value is -1.62.